The molecule has 0 fully saturated rings. The predicted molar refractivity (Wildman–Crippen MR) is 140 cm³/mol. The van der Waals surface area contributed by atoms with E-state index in [4.69, 9.17) is 14.2 Å². The number of carbonyl (C=O) groups excluding carboxylic acids is 2. The predicted octanol–water partition coefficient (Wildman–Crippen LogP) is 2.91. The summed E-state index contributed by atoms with van der Waals surface area (Å²) in [5, 5.41) is 5.37. The first kappa shape index (κ1) is 27.5. The smallest absolute Gasteiger partial charge is 0.264 e. The fraction of sp³-hybridized carbons (Fsp3) is 0.231. The van der Waals surface area contributed by atoms with Crippen molar-refractivity contribution in [3.63, 3.8) is 0 Å². The number of nitrogens with zero attached hydrogens (tertiary/aromatic N) is 1. The van der Waals surface area contributed by atoms with E-state index in [0.29, 0.717) is 18.9 Å². The summed E-state index contributed by atoms with van der Waals surface area (Å²) < 4.78 is 43.8. The summed E-state index contributed by atoms with van der Waals surface area (Å²) in [5.41, 5.74) is 0.776. The number of rotatable bonds is 12. The average molecular weight is 528 g/mol. The van der Waals surface area contributed by atoms with E-state index in [-0.39, 0.29) is 27.6 Å². The first-order chi connectivity index (χ1) is 17.8. The van der Waals surface area contributed by atoms with Crippen LogP contribution in [-0.4, -0.2) is 61.3 Å². The van der Waals surface area contributed by atoms with Crippen LogP contribution in [0, 0.1) is 0 Å². The molecule has 2 amide bonds. The molecule has 3 aromatic rings. The molecule has 3 aromatic carbocycles. The zero-order chi connectivity index (χ0) is 26.8. The molecule has 37 heavy (non-hydrogen) atoms. The molecule has 0 aliphatic rings. The van der Waals surface area contributed by atoms with Crippen LogP contribution in [0.15, 0.2) is 77.7 Å². The minimum Gasteiger partial charge on any atom is -0.493 e. The number of anilines is 2. The third kappa shape index (κ3) is 6.78. The summed E-state index contributed by atoms with van der Waals surface area (Å²) in [6.45, 7) is 0.0869. The Morgan fingerprint density at radius 1 is 0.865 bits per heavy atom. The lowest BCUT2D eigenvalue weighted by Crippen LogP contribution is -2.38. The second kappa shape index (κ2) is 12.7. The first-order valence-electron chi connectivity index (χ1n) is 11.3. The van der Waals surface area contributed by atoms with Gasteiger partial charge in [-0.25, -0.2) is 8.42 Å². The van der Waals surface area contributed by atoms with Gasteiger partial charge >= 0.3 is 0 Å². The molecule has 3 rings (SSSR count). The minimum absolute atomic E-state index is 0.0836. The Hall–Kier alpha value is -4.09. The molecule has 0 unspecified atom stereocenters. The maximum Gasteiger partial charge on any atom is 0.264 e. The summed E-state index contributed by atoms with van der Waals surface area (Å²) in [6, 6.07) is 18.9. The van der Waals surface area contributed by atoms with Crippen LogP contribution in [0.25, 0.3) is 0 Å². The van der Waals surface area contributed by atoms with Crippen molar-refractivity contribution in [1.82, 2.24) is 5.32 Å². The van der Waals surface area contributed by atoms with Gasteiger partial charge in [0.05, 0.1) is 42.7 Å². The fourth-order valence-corrected chi connectivity index (χ4v) is 4.92. The van der Waals surface area contributed by atoms with Gasteiger partial charge in [-0.3, -0.25) is 13.9 Å². The lowest BCUT2D eigenvalue weighted by Gasteiger charge is -2.24. The van der Waals surface area contributed by atoms with E-state index < -0.39 is 28.4 Å². The molecule has 0 radical (unpaired) electrons. The number of hydrogen-bond acceptors (Lipinski definition) is 7. The molecule has 0 saturated heterocycles. The van der Waals surface area contributed by atoms with Crippen LogP contribution in [0.4, 0.5) is 11.4 Å². The molecule has 0 aliphatic carbocycles. The first-order valence-corrected chi connectivity index (χ1v) is 12.7. The zero-order valence-corrected chi connectivity index (χ0v) is 21.6. The van der Waals surface area contributed by atoms with Crippen LogP contribution in [0.1, 0.15) is 10.4 Å². The molecule has 0 aromatic heterocycles. The Labute approximate surface area is 216 Å². The molecule has 0 atom stereocenters. The summed E-state index contributed by atoms with van der Waals surface area (Å²) in [4.78, 5) is 25.6. The van der Waals surface area contributed by atoms with Gasteiger partial charge in [0.25, 0.3) is 15.9 Å². The van der Waals surface area contributed by atoms with Crippen molar-refractivity contribution in [3.05, 3.63) is 78.4 Å². The third-order valence-corrected chi connectivity index (χ3v) is 7.08. The molecule has 10 nitrogen and oxygen atoms in total. The number of carbonyl (C=O) groups is 2. The fourth-order valence-electron chi connectivity index (χ4n) is 3.49. The number of ether oxygens (including phenoxy) is 3. The highest BCUT2D eigenvalue weighted by Gasteiger charge is 2.28. The van der Waals surface area contributed by atoms with E-state index >= 15 is 0 Å². The molecule has 0 aliphatic heterocycles. The Morgan fingerprint density at radius 2 is 1.54 bits per heavy atom. The van der Waals surface area contributed by atoms with Gasteiger partial charge in [-0.2, -0.15) is 0 Å². The lowest BCUT2D eigenvalue weighted by atomic mass is 10.1. The van der Waals surface area contributed by atoms with Crippen LogP contribution < -0.4 is 24.4 Å². The Bertz CT molecular complexity index is 1330. The normalized spacial score (nSPS) is 10.9. The van der Waals surface area contributed by atoms with Gasteiger partial charge < -0.3 is 24.8 Å². The highest BCUT2D eigenvalue weighted by atomic mass is 32.2. The van der Waals surface area contributed by atoms with Crippen molar-refractivity contribution < 1.29 is 32.2 Å². The van der Waals surface area contributed by atoms with Gasteiger partial charge in [-0.05, 0) is 36.4 Å². The topological polar surface area (TPSA) is 123 Å². The number of hydrogen-bond donors (Lipinski definition) is 2. The van der Waals surface area contributed by atoms with E-state index in [1.807, 2.05) is 0 Å². The third-order valence-electron chi connectivity index (χ3n) is 5.31. The Kier molecular flexibility index (Phi) is 9.47. The summed E-state index contributed by atoms with van der Waals surface area (Å²) in [5.74, 6) is -0.434. The molecule has 0 saturated carbocycles. The second-order valence-corrected chi connectivity index (χ2v) is 9.57. The molecule has 0 heterocycles. The largest absolute Gasteiger partial charge is 0.493 e. The monoisotopic (exact) mass is 527 g/mol. The van der Waals surface area contributed by atoms with Gasteiger partial charge in [0.2, 0.25) is 5.91 Å². The van der Waals surface area contributed by atoms with E-state index in [1.165, 1.54) is 39.5 Å². The van der Waals surface area contributed by atoms with E-state index in [9.17, 15) is 18.0 Å². The second-order valence-electron chi connectivity index (χ2n) is 7.71. The molecular formula is C26H29N3O7S. The van der Waals surface area contributed by atoms with Crippen molar-refractivity contribution in [2.24, 2.45) is 0 Å². The molecule has 0 bridgehead atoms. The van der Waals surface area contributed by atoms with Crippen LogP contribution in [0.3, 0.4) is 0 Å². The van der Waals surface area contributed by atoms with Crippen molar-refractivity contribution >= 4 is 33.2 Å². The highest BCUT2D eigenvalue weighted by Crippen LogP contribution is 2.32. The Balaban J connectivity index is 1.90. The lowest BCUT2D eigenvalue weighted by molar-refractivity contribution is -0.114. The van der Waals surface area contributed by atoms with Crippen LogP contribution in [0.5, 0.6) is 11.5 Å². The van der Waals surface area contributed by atoms with Crippen molar-refractivity contribution in [2.45, 2.75) is 4.90 Å². The summed E-state index contributed by atoms with van der Waals surface area (Å²) in [7, 11) is 0.175. The quantitative estimate of drug-likeness (QED) is 0.347. The van der Waals surface area contributed by atoms with Gasteiger partial charge in [-0.15, -0.1) is 0 Å². The standard InChI is InChI=1S/C26H29N3O7S/c1-34-16-15-27-26(31)21-11-7-8-12-22(21)28-25(30)18-29(19-9-5-4-6-10-19)37(32,33)20-13-14-23(35-2)24(17-20)36-3/h4-14,17H,15-16,18H2,1-3H3,(H,27,31)(H,28,30). The maximum absolute atomic E-state index is 13.7. The number of para-hydroxylation sites is 2. The van der Waals surface area contributed by atoms with Gasteiger partial charge in [0.1, 0.15) is 6.54 Å². The van der Waals surface area contributed by atoms with E-state index in [2.05, 4.69) is 10.6 Å². The van der Waals surface area contributed by atoms with E-state index in [1.54, 1.807) is 54.6 Å². The summed E-state index contributed by atoms with van der Waals surface area (Å²) >= 11 is 0. The van der Waals surface area contributed by atoms with Gasteiger partial charge in [0.15, 0.2) is 11.5 Å². The number of benzene rings is 3. The Morgan fingerprint density at radius 3 is 2.22 bits per heavy atom. The van der Waals surface area contributed by atoms with Crippen molar-refractivity contribution in [1.29, 1.82) is 0 Å². The van der Waals surface area contributed by atoms with Crippen molar-refractivity contribution in [3.8, 4) is 11.5 Å². The highest BCUT2D eigenvalue weighted by molar-refractivity contribution is 7.92. The molecule has 0 spiro atoms. The molecule has 11 heteroatoms. The summed E-state index contributed by atoms with van der Waals surface area (Å²) in [6.07, 6.45) is 0. The van der Waals surface area contributed by atoms with E-state index in [0.717, 1.165) is 4.31 Å². The average Bonchev–Trinajstić information content (AvgIpc) is 2.92. The number of sulfonamides is 1. The van der Waals surface area contributed by atoms with Crippen LogP contribution in [-0.2, 0) is 19.6 Å². The van der Waals surface area contributed by atoms with Gasteiger partial charge in [-0.1, -0.05) is 30.3 Å². The van der Waals surface area contributed by atoms with Crippen LogP contribution in [0.2, 0.25) is 0 Å². The van der Waals surface area contributed by atoms with Gasteiger partial charge in [0, 0.05) is 19.7 Å². The molecule has 196 valence electrons. The molecular weight excluding hydrogens is 498 g/mol. The molecule has 2 N–H and O–H groups in total. The zero-order valence-electron chi connectivity index (χ0n) is 20.8. The maximum atomic E-state index is 13.7. The SMILES string of the molecule is COCCNC(=O)c1ccccc1NC(=O)CN(c1ccccc1)S(=O)(=O)c1ccc(OC)c(OC)c1. The van der Waals surface area contributed by atoms with Crippen LogP contribution >= 0.6 is 0 Å². The minimum atomic E-state index is -4.20. The number of amides is 2. The number of nitrogens with one attached hydrogen (secondary N) is 2. The number of methoxy groups -OCH3 is 3. The van der Waals surface area contributed by atoms with Crippen molar-refractivity contribution in [2.75, 3.05) is 50.6 Å².